The van der Waals surface area contributed by atoms with E-state index in [1.54, 1.807) is 0 Å². The Morgan fingerprint density at radius 1 is 0.426 bits per heavy atom. The number of hydrogen-bond donors (Lipinski definition) is 0. The molecule has 5 nitrogen and oxygen atoms in total. The summed E-state index contributed by atoms with van der Waals surface area (Å²) in [6.45, 7) is 0. The average molecular weight is 604 g/mol. The molecule has 5 heteroatoms. The van der Waals surface area contributed by atoms with Crippen molar-refractivity contribution in [3.05, 3.63) is 152 Å². The SMILES string of the molecule is c1ccc(-c2cc(-c3ccccc3)nc(-c3ccc4c5c3Oc3cc6ccccc6cc3N5c3cc5ccccc5cc3O4)n2)cc1. The molecular formula is C42H25N3O2. The minimum absolute atomic E-state index is 0.580. The zero-order valence-corrected chi connectivity index (χ0v) is 25.1. The van der Waals surface area contributed by atoms with Gasteiger partial charge in [0.2, 0.25) is 0 Å². The summed E-state index contributed by atoms with van der Waals surface area (Å²) in [4.78, 5) is 12.6. The minimum atomic E-state index is 0.580. The number of anilines is 3. The van der Waals surface area contributed by atoms with Crippen LogP contribution < -0.4 is 14.4 Å². The van der Waals surface area contributed by atoms with Crippen LogP contribution in [0.4, 0.5) is 17.1 Å². The molecule has 0 saturated heterocycles. The van der Waals surface area contributed by atoms with Crippen molar-refractivity contribution < 1.29 is 9.47 Å². The Bertz CT molecular complexity index is 2450. The van der Waals surface area contributed by atoms with Gasteiger partial charge in [-0.25, -0.2) is 9.97 Å². The molecule has 0 atom stereocenters. The molecule has 47 heavy (non-hydrogen) atoms. The van der Waals surface area contributed by atoms with E-state index in [2.05, 4.69) is 108 Å². The maximum Gasteiger partial charge on any atom is 0.166 e. The summed E-state index contributed by atoms with van der Waals surface area (Å²) in [6.07, 6.45) is 0. The van der Waals surface area contributed by atoms with Crippen molar-refractivity contribution in [3.8, 4) is 56.9 Å². The van der Waals surface area contributed by atoms with Gasteiger partial charge in [-0.2, -0.15) is 0 Å². The standard InChI is InChI=1S/C42H25N3O2/c1-3-11-26(12-4-1)33-25-34(27-13-5-2-6-14-27)44-42(43-33)32-19-20-37-40-41(32)47-39-24-31-18-10-8-16-29(31)22-36(39)45(40)35-21-28-15-7-9-17-30(28)23-38(35)46-37/h1-25H. The van der Waals surface area contributed by atoms with E-state index in [0.29, 0.717) is 17.3 Å². The van der Waals surface area contributed by atoms with Gasteiger partial charge in [-0.05, 0) is 64.0 Å². The lowest BCUT2D eigenvalue weighted by atomic mass is 10.00. The van der Waals surface area contributed by atoms with Crippen LogP contribution in [0.1, 0.15) is 0 Å². The number of rotatable bonds is 3. The first-order valence-corrected chi connectivity index (χ1v) is 15.7. The molecule has 0 bridgehead atoms. The summed E-state index contributed by atoms with van der Waals surface area (Å²) in [5.74, 6) is 3.51. The molecule has 0 fully saturated rings. The van der Waals surface area contributed by atoms with Gasteiger partial charge in [0.1, 0.15) is 5.69 Å². The molecule has 0 unspecified atom stereocenters. The molecule has 7 aromatic carbocycles. The third-order valence-electron chi connectivity index (χ3n) is 8.99. The highest BCUT2D eigenvalue weighted by molar-refractivity contribution is 6.03. The molecule has 0 aliphatic carbocycles. The van der Waals surface area contributed by atoms with E-state index in [4.69, 9.17) is 19.4 Å². The second-order valence-corrected chi connectivity index (χ2v) is 11.9. The molecule has 0 saturated carbocycles. The largest absolute Gasteiger partial charge is 0.453 e. The van der Waals surface area contributed by atoms with Gasteiger partial charge in [-0.3, -0.25) is 4.90 Å². The fourth-order valence-electron chi connectivity index (χ4n) is 6.73. The summed E-state index contributed by atoms with van der Waals surface area (Å²) in [5, 5.41) is 4.50. The number of benzene rings is 7. The highest BCUT2D eigenvalue weighted by Gasteiger charge is 2.37. The van der Waals surface area contributed by atoms with Crippen LogP contribution in [-0.2, 0) is 0 Å². The van der Waals surface area contributed by atoms with Crippen molar-refractivity contribution in [3.63, 3.8) is 0 Å². The maximum absolute atomic E-state index is 6.91. The molecule has 0 spiro atoms. The Balaban J connectivity index is 1.24. The second-order valence-electron chi connectivity index (χ2n) is 11.9. The van der Waals surface area contributed by atoms with Crippen molar-refractivity contribution in [2.24, 2.45) is 0 Å². The van der Waals surface area contributed by atoms with Crippen molar-refractivity contribution in [2.45, 2.75) is 0 Å². The lowest BCUT2D eigenvalue weighted by Gasteiger charge is -2.38. The molecule has 10 rings (SSSR count). The fraction of sp³-hybridized carbons (Fsp3) is 0. The van der Waals surface area contributed by atoms with E-state index in [1.165, 1.54) is 0 Å². The highest BCUT2D eigenvalue weighted by atomic mass is 16.5. The zero-order chi connectivity index (χ0) is 30.9. The van der Waals surface area contributed by atoms with Crippen LogP contribution in [0.2, 0.25) is 0 Å². The van der Waals surface area contributed by atoms with Gasteiger partial charge in [-0.15, -0.1) is 0 Å². The Morgan fingerprint density at radius 2 is 0.915 bits per heavy atom. The fourth-order valence-corrected chi connectivity index (χ4v) is 6.73. The average Bonchev–Trinajstić information content (AvgIpc) is 3.13. The van der Waals surface area contributed by atoms with Crippen LogP contribution in [0.3, 0.4) is 0 Å². The van der Waals surface area contributed by atoms with Crippen molar-refractivity contribution in [2.75, 3.05) is 4.90 Å². The Kier molecular flexibility index (Phi) is 5.51. The van der Waals surface area contributed by atoms with Crippen LogP contribution in [-0.4, -0.2) is 9.97 Å². The number of ether oxygens (including phenoxy) is 2. The summed E-state index contributed by atoms with van der Waals surface area (Å²) < 4.78 is 13.6. The normalized spacial score (nSPS) is 12.6. The Labute approximate surface area is 270 Å². The summed E-state index contributed by atoms with van der Waals surface area (Å²) in [5.41, 5.74) is 7.25. The minimum Gasteiger partial charge on any atom is -0.453 e. The van der Waals surface area contributed by atoms with Crippen LogP contribution in [0.25, 0.3) is 55.4 Å². The topological polar surface area (TPSA) is 47.5 Å². The van der Waals surface area contributed by atoms with Gasteiger partial charge in [0.15, 0.2) is 28.8 Å². The second kappa shape index (κ2) is 10.0. The first kappa shape index (κ1) is 25.8. The molecule has 0 radical (unpaired) electrons. The number of aromatic nitrogens is 2. The first-order chi connectivity index (χ1) is 23.3. The predicted octanol–water partition coefficient (Wildman–Crippen LogP) is 11.5. The van der Waals surface area contributed by atoms with Crippen LogP contribution in [0.5, 0.6) is 23.0 Å². The van der Waals surface area contributed by atoms with Gasteiger partial charge in [0, 0.05) is 11.1 Å². The number of hydrogen-bond acceptors (Lipinski definition) is 5. The van der Waals surface area contributed by atoms with Gasteiger partial charge in [0.05, 0.1) is 28.3 Å². The lowest BCUT2D eigenvalue weighted by Crippen LogP contribution is -2.21. The molecular weight excluding hydrogens is 578 g/mol. The van der Waals surface area contributed by atoms with Gasteiger partial charge < -0.3 is 9.47 Å². The van der Waals surface area contributed by atoms with Crippen molar-refractivity contribution >= 4 is 38.6 Å². The number of nitrogens with zero attached hydrogens (tertiary/aromatic N) is 3. The van der Waals surface area contributed by atoms with Crippen LogP contribution in [0.15, 0.2) is 152 Å². The zero-order valence-electron chi connectivity index (χ0n) is 25.1. The van der Waals surface area contributed by atoms with E-state index in [-0.39, 0.29) is 0 Å². The third-order valence-corrected chi connectivity index (χ3v) is 8.99. The van der Waals surface area contributed by atoms with E-state index in [9.17, 15) is 0 Å². The van der Waals surface area contributed by atoms with E-state index >= 15 is 0 Å². The van der Waals surface area contributed by atoms with Crippen LogP contribution >= 0.6 is 0 Å². The summed E-state index contributed by atoms with van der Waals surface area (Å²) in [6, 6.07) is 51.9. The molecule has 0 N–H and O–H groups in total. The van der Waals surface area contributed by atoms with Crippen molar-refractivity contribution in [1.29, 1.82) is 0 Å². The van der Waals surface area contributed by atoms with E-state index < -0.39 is 0 Å². The third kappa shape index (κ3) is 4.10. The Hall–Kier alpha value is -6.46. The van der Waals surface area contributed by atoms with E-state index in [0.717, 1.165) is 78.2 Å². The molecule has 220 valence electrons. The number of fused-ring (bicyclic) bond motifs is 6. The van der Waals surface area contributed by atoms with Crippen molar-refractivity contribution in [1.82, 2.24) is 9.97 Å². The molecule has 2 aliphatic rings. The highest BCUT2D eigenvalue weighted by Crippen LogP contribution is 2.62. The molecule has 3 heterocycles. The molecule has 2 aliphatic heterocycles. The van der Waals surface area contributed by atoms with Crippen LogP contribution in [0, 0.1) is 0 Å². The lowest BCUT2D eigenvalue weighted by molar-refractivity contribution is 0.447. The van der Waals surface area contributed by atoms with Gasteiger partial charge in [-0.1, -0.05) is 109 Å². The molecule has 8 aromatic rings. The monoisotopic (exact) mass is 603 g/mol. The Morgan fingerprint density at radius 3 is 1.47 bits per heavy atom. The molecule has 0 amide bonds. The summed E-state index contributed by atoms with van der Waals surface area (Å²) >= 11 is 0. The predicted molar refractivity (Wildman–Crippen MR) is 188 cm³/mol. The quantitative estimate of drug-likeness (QED) is 0.201. The maximum atomic E-state index is 6.91. The van der Waals surface area contributed by atoms with Gasteiger partial charge in [0.25, 0.3) is 0 Å². The first-order valence-electron chi connectivity index (χ1n) is 15.7. The smallest absolute Gasteiger partial charge is 0.166 e. The van der Waals surface area contributed by atoms with E-state index in [1.807, 2.05) is 48.5 Å². The van der Waals surface area contributed by atoms with Gasteiger partial charge >= 0.3 is 0 Å². The summed E-state index contributed by atoms with van der Waals surface area (Å²) in [7, 11) is 0. The molecule has 1 aromatic heterocycles.